The van der Waals surface area contributed by atoms with Crippen molar-refractivity contribution in [2.75, 3.05) is 0 Å². The molecule has 468 valence electrons. The molecule has 0 heterocycles. The van der Waals surface area contributed by atoms with Gasteiger partial charge in [0.05, 0.1) is 5.41 Å². The maximum Gasteiger partial charge on any atom is 0.309 e. The van der Waals surface area contributed by atoms with E-state index in [2.05, 4.69) is 20.8 Å². The van der Waals surface area contributed by atoms with Gasteiger partial charge in [-0.1, -0.05) is 457 Å². The lowest BCUT2D eigenvalue weighted by molar-refractivity contribution is -0.150. The van der Waals surface area contributed by atoms with Gasteiger partial charge < -0.3 is 5.11 Å². The van der Waals surface area contributed by atoms with Gasteiger partial charge in [0, 0.05) is 0 Å². The molecule has 0 aliphatic heterocycles. The summed E-state index contributed by atoms with van der Waals surface area (Å²) in [4.78, 5) is 13.1. The van der Waals surface area contributed by atoms with Crippen LogP contribution in [0.1, 0.15) is 477 Å². The van der Waals surface area contributed by atoms with E-state index < -0.39 is 11.4 Å². The lowest BCUT2D eigenvalue weighted by Gasteiger charge is -2.30. The van der Waals surface area contributed by atoms with Gasteiger partial charge in [0.1, 0.15) is 0 Å². The molecule has 2 heteroatoms. The second kappa shape index (κ2) is 69.0. The van der Waals surface area contributed by atoms with E-state index in [4.69, 9.17) is 0 Å². The average molecular weight is 1100 g/mol. The van der Waals surface area contributed by atoms with Crippen molar-refractivity contribution in [2.45, 2.75) is 477 Å². The minimum absolute atomic E-state index is 0.472. The third-order valence-corrected chi connectivity index (χ3v) is 19.0. The van der Waals surface area contributed by atoms with E-state index in [1.165, 1.54) is 417 Å². The van der Waals surface area contributed by atoms with Crippen LogP contribution < -0.4 is 0 Å². The van der Waals surface area contributed by atoms with Gasteiger partial charge in [0.2, 0.25) is 0 Å². The fourth-order valence-electron chi connectivity index (χ4n) is 13.3. The molecule has 0 aromatic carbocycles. The molecule has 0 spiro atoms. The topological polar surface area (TPSA) is 37.3 Å². The van der Waals surface area contributed by atoms with E-state index in [0.29, 0.717) is 0 Å². The van der Waals surface area contributed by atoms with Crippen LogP contribution in [0.4, 0.5) is 0 Å². The van der Waals surface area contributed by atoms with E-state index in [-0.39, 0.29) is 0 Å². The maximum absolute atomic E-state index is 13.1. The van der Waals surface area contributed by atoms with Crippen molar-refractivity contribution in [2.24, 2.45) is 5.41 Å². The molecule has 2 nitrogen and oxygen atoms in total. The van der Waals surface area contributed by atoms with Crippen molar-refractivity contribution in [1.82, 2.24) is 0 Å². The Morgan fingerprint density at radius 3 is 0.359 bits per heavy atom. The predicted molar refractivity (Wildman–Crippen MR) is 355 cm³/mol. The zero-order valence-corrected chi connectivity index (χ0v) is 55.1. The normalized spacial score (nSPS) is 11.9. The standard InChI is InChI=1S/C76H152O2/c1-4-7-10-13-16-19-22-25-27-29-31-33-35-37-39-41-43-45-47-49-51-53-55-58-61-64-67-70-73-76(75(77)78,72-69-66-63-60-57-24-21-18-15-12-9-6-3)74-71-68-65-62-59-56-54-52-50-48-46-44-42-40-38-36-34-32-30-28-26-23-20-17-14-11-8-5-2/h4-74H2,1-3H3,(H,77,78). The monoisotopic (exact) mass is 1100 g/mol. The van der Waals surface area contributed by atoms with Gasteiger partial charge in [0.25, 0.3) is 0 Å². The molecule has 0 radical (unpaired) electrons. The van der Waals surface area contributed by atoms with Crippen molar-refractivity contribution in [3.8, 4) is 0 Å². The molecule has 0 saturated heterocycles. The average Bonchev–Trinajstić information content (AvgIpc) is 3.44. The molecule has 0 aromatic heterocycles. The quantitative estimate of drug-likeness (QED) is 0.0616. The van der Waals surface area contributed by atoms with Crippen LogP contribution in [0.15, 0.2) is 0 Å². The summed E-state index contributed by atoms with van der Waals surface area (Å²) in [6.07, 6.45) is 98.5. The summed E-state index contributed by atoms with van der Waals surface area (Å²) in [5.41, 5.74) is -0.476. The number of hydrogen-bond acceptors (Lipinski definition) is 1. The van der Waals surface area contributed by atoms with Gasteiger partial charge >= 0.3 is 5.97 Å². The summed E-state index contributed by atoms with van der Waals surface area (Å²) >= 11 is 0. The molecular weight excluding hydrogens is 945 g/mol. The number of unbranched alkanes of at least 4 members (excludes halogenated alkanes) is 65. The summed E-state index contributed by atoms with van der Waals surface area (Å²) in [7, 11) is 0. The van der Waals surface area contributed by atoms with Crippen molar-refractivity contribution in [1.29, 1.82) is 0 Å². The third kappa shape index (κ3) is 61.5. The van der Waals surface area contributed by atoms with Gasteiger partial charge in [-0.05, 0) is 19.3 Å². The highest BCUT2D eigenvalue weighted by Gasteiger charge is 2.36. The first-order valence-corrected chi connectivity index (χ1v) is 37.9. The largest absolute Gasteiger partial charge is 0.481 e. The Hall–Kier alpha value is -0.530. The van der Waals surface area contributed by atoms with E-state index in [1.807, 2.05) is 0 Å². The van der Waals surface area contributed by atoms with Crippen LogP contribution in [0, 0.1) is 5.41 Å². The number of carbonyl (C=O) groups is 1. The first-order chi connectivity index (χ1) is 38.6. The molecule has 0 bridgehead atoms. The highest BCUT2D eigenvalue weighted by atomic mass is 16.4. The van der Waals surface area contributed by atoms with Crippen molar-refractivity contribution >= 4 is 5.97 Å². The predicted octanol–water partition coefficient (Wildman–Crippen LogP) is 28.8. The Bertz CT molecular complexity index is 1010. The Balaban J connectivity index is 4.07. The Morgan fingerprint density at radius 2 is 0.269 bits per heavy atom. The summed E-state index contributed by atoms with van der Waals surface area (Å²) in [6.45, 7) is 6.93. The van der Waals surface area contributed by atoms with Crippen molar-refractivity contribution < 1.29 is 9.90 Å². The van der Waals surface area contributed by atoms with Crippen LogP contribution in [0.5, 0.6) is 0 Å². The summed E-state index contributed by atoms with van der Waals surface area (Å²) in [6, 6.07) is 0. The number of carboxylic acids is 1. The highest BCUT2D eigenvalue weighted by Crippen LogP contribution is 2.38. The summed E-state index contributed by atoms with van der Waals surface area (Å²) in [5.74, 6) is -0.472. The molecule has 0 atom stereocenters. The van der Waals surface area contributed by atoms with Gasteiger partial charge in [-0.15, -0.1) is 0 Å². The van der Waals surface area contributed by atoms with Crippen LogP contribution in [0.3, 0.4) is 0 Å². The maximum atomic E-state index is 13.1. The van der Waals surface area contributed by atoms with Crippen molar-refractivity contribution in [3.63, 3.8) is 0 Å². The SMILES string of the molecule is CCCCCCCCCCCCCCCCCCCCCCCCCCCCCCC(CCCCCCCCCCCCCC)(CCCCCCCCCCCCCCCCCCCCCCCCCCCCCC)C(=O)O. The molecule has 0 saturated carbocycles. The fraction of sp³-hybridized carbons (Fsp3) is 0.987. The molecule has 0 amide bonds. The first kappa shape index (κ1) is 77.5. The zero-order chi connectivity index (χ0) is 56.3. The summed E-state index contributed by atoms with van der Waals surface area (Å²) in [5, 5.41) is 10.8. The molecule has 0 aliphatic carbocycles. The minimum atomic E-state index is -0.476. The van der Waals surface area contributed by atoms with E-state index in [9.17, 15) is 9.90 Å². The summed E-state index contributed by atoms with van der Waals surface area (Å²) < 4.78 is 0. The Kier molecular flexibility index (Phi) is 68.5. The van der Waals surface area contributed by atoms with Gasteiger partial charge in [-0.3, -0.25) is 4.79 Å². The molecule has 1 N–H and O–H groups in total. The van der Waals surface area contributed by atoms with Crippen LogP contribution in [0.25, 0.3) is 0 Å². The lowest BCUT2D eigenvalue weighted by Crippen LogP contribution is -2.31. The Labute approximate surface area is 495 Å². The number of hydrogen-bond donors (Lipinski definition) is 1. The van der Waals surface area contributed by atoms with Crippen LogP contribution >= 0.6 is 0 Å². The van der Waals surface area contributed by atoms with Gasteiger partial charge in [0.15, 0.2) is 0 Å². The van der Waals surface area contributed by atoms with Gasteiger partial charge in [-0.25, -0.2) is 0 Å². The third-order valence-electron chi connectivity index (χ3n) is 19.0. The van der Waals surface area contributed by atoms with Crippen LogP contribution in [-0.4, -0.2) is 11.1 Å². The lowest BCUT2D eigenvalue weighted by atomic mass is 9.74. The van der Waals surface area contributed by atoms with E-state index >= 15 is 0 Å². The zero-order valence-electron chi connectivity index (χ0n) is 55.1. The molecule has 78 heavy (non-hydrogen) atoms. The number of rotatable bonds is 72. The fourth-order valence-corrected chi connectivity index (χ4v) is 13.3. The molecule has 0 fully saturated rings. The Morgan fingerprint density at radius 1 is 0.179 bits per heavy atom. The second-order valence-electron chi connectivity index (χ2n) is 26.8. The minimum Gasteiger partial charge on any atom is -0.481 e. The molecular formula is C76H152O2. The number of carboxylic acid groups (broad SMARTS) is 1. The molecule has 0 aliphatic rings. The van der Waals surface area contributed by atoms with Gasteiger partial charge in [-0.2, -0.15) is 0 Å². The molecule has 0 aromatic rings. The highest BCUT2D eigenvalue weighted by molar-refractivity contribution is 5.74. The van der Waals surface area contributed by atoms with Crippen molar-refractivity contribution in [3.05, 3.63) is 0 Å². The molecule has 0 unspecified atom stereocenters. The van der Waals surface area contributed by atoms with Crippen LogP contribution in [0.2, 0.25) is 0 Å². The first-order valence-electron chi connectivity index (χ1n) is 37.9. The second-order valence-corrected chi connectivity index (χ2v) is 26.8. The van der Waals surface area contributed by atoms with E-state index in [0.717, 1.165) is 38.5 Å². The van der Waals surface area contributed by atoms with Crippen LogP contribution in [-0.2, 0) is 4.79 Å². The number of aliphatic carboxylic acids is 1. The smallest absolute Gasteiger partial charge is 0.309 e. The molecule has 0 rings (SSSR count). The van der Waals surface area contributed by atoms with E-state index in [1.54, 1.807) is 0 Å².